The van der Waals surface area contributed by atoms with Gasteiger partial charge in [0.1, 0.15) is 6.10 Å². The van der Waals surface area contributed by atoms with Crippen molar-refractivity contribution in [3.8, 4) is 0 Å². The molecule has 32 heavy (non-hydrogen) atoms. The molecule has 5 nitrogen and oxygen atoms in total. The third-order valence-corrected chi connectivity index (χ3v) is 8.58. The summed E-state index contributed by atoms with van der Waals surface area (Å²) in [4.78, 5) is 11.9. The molecule has 4 fully saturated rings. The quantitative estimate of drug-likeness (QED) is 0.562. The van der Waals surface area contributed by atoms with E-state index in [0.29, 0.717) is 24.2 Å². The molecular weight excluding hydrogens is 404 g/mol. The number of rotatable bonds is 4. The van der Waals surface area contributed by atoms with Crippen LogP contribution in [-0.4, -0.2) is 45.2 Å². The third kappa shape index (κ3) is 4.36. The molecule has 178 valence electrons. The fraction of sp³-hybridized carbons (Fsp3) is 0.741. The standard InChI is InChI=1S/C27H40O5/c1-16(12-21-15-27(4,31)25(30)32-21)22-9-10-23-18(6-5-11-26(22,23)3)7-8-19-13-20(28)14-24(29)17(19)2/h7-8,16,20-24,28-29,31H,2,5-6,9-15H2,1,3-4H3/b18-7+,19-8-/t16-,20-,21+,22-,23+,24+,26-,27-/m1/s1/i13D2,20D. The summed E-state index contributed by atoms with van der Waals surface area (Å²) in [5.41, 5.74) is 0.237. The molecule has 1 heterocycles. The molecule has 0 aromatic heterocycles. The number of ether oxygens (including phenoxy) is 1. The first-order valence-electron chi connectivity index (χ1n) is 13.5. The largest absolute Gasteiger partial charge is 0.460 e. The van der Waals surface area contributed by atoms with Crippen molar-refractivity contribution >= 4 is 5.97 Å². The number of esters is 1. The molecule has 0 spiro atoms. The minimum absolute atomic E-state index is 0.0748. The number of cyclic esters (lactones) is 1. The fourth-order valence-corrected chi connectivity index (χ4v) is 6.88. The summed E-state index contributed by atoms with van der Waals surface area (Å²) in [6, 6.07) is 0. The van der Waals surface area contributed by atoms with Crippen LogP contribution in [0.3, 0.4) is 0 Å². The number of hydrogen-bond donors (Lipinski definition) is 3. The molecule has 0 aromatic carbocycles. The lowest BCUT2D eigenvalue weighted by atomic mass is 9.60. The van der Waals surface area contributed by atoms with Gasteiger partial charge in [0.05, 0.1) is 13.6 Å². The van der Waals surface area contributed by atoms with Crippen molar-refractivity contribution in [3.05, 3.63) is 35.5 Å². The first-order valence-corrected chi connectivity index (χ1v) is 12.0. The Bertz CT molecular complexity index is 952. The highest BCUT2D eigenvalue weighted by Crippen LogP contribution is 2.60. The highest BCUT2D eigenvalue weighted by molar-refractivity contribution is 5.80. The molecule has 3 aliphatic carbocycles. The Morgan fingerprint density at radius 2 is 2.09 bits per heavy atom. The van der Waals surface area contributed by atoms with Gasteiger partial charge in [-0.05, 0) is 86.1 Å². The van der Waals surface area contributed by atoms with Gasteiger partial charge in [-0.15, -0.1) is 0 Å². The van der Waals surface area contributed by atoms with E-state index in [1.165, 1.54) is 12.5 Å². The molecular formula is C27H40O5. The lowest BCUT2D eigenvalue weighted by molar-refractivity contribution is -0.154. The summed E-state index contributed by atoms with van der Waals surface area (Å²) in [6.45, 7) is 9.92. The molecule has 0 unspecified atom stereocenters. The Hall–Kier alpha value is -1.43. The second-order valence-electron chi connectivity index (χ2n) is 11.0. The van der Waals surface area contributed by atoms with Gasteiger partial charge in [0.15, 0.2) is 5.60 Å². The number of aliphatic hydroxyl groups is 3. The smallest absolute Gasteiger partial charge is 0.338 e. The van der Waals surface area contributed by atoms with Crippen molar-refractivity contribution in [1.29, 1.82) is 0 Å². The Balaban J connectivity index is 1.54. The first kappa shape index (κ1) is 20.0. The summed E-state index contributed by atoms with van der Waals surface area (Å²) < 4.78 is 30.2. The van der Waals surface area contributed by atoms with Gasteiger partial charge >= 0.3 is 5.97 Å². The van der Waals surface area contributed by atoms with E-state index in [1.807, 2.05) is 6.08 Å². The Labute approximate surface area is 196 Å². The highest BCUT2D eigenvalue weighted by Gasteiger charge is 2.52. The van der Waals surface area contributed by atoms with E-state index >= 15 is 0 Å². The third-order valence-electron chi connectivity index (χ3n) is 8.58. The van der Waals surface area contributed by atoms with Crippen LogP contribution in [0, 0.1) is 23.2 Å². The number of aliphatic hydroxyl groups excluding tert-OH is 1. The lowest BCUT2D eigenvalue weighted by Crippen LogP contribution is -2.36. The maximum absolute atomic E-state index is 11.9. The molecule has 0 amide bonds. The summed E-state index contributed by atoms with van der Waals surface area (Å²) in [7, 11) is 0. The lowest BCUT2D eigenvalue weighted by Gasteiger charge is -2.44. The second-order valence-corrected chi connectivity index (χ2v) is 11.0. The SMILES string of the molecule is [2H]C1([2H])/C(=C/C=C2\CCC[C@]3(C)[C@@H]([C@H](C)C[C@H]4C[C@@](C)(O)C(=O)O4)CC[C@@H]23)C(=C)[C@@H](O)C[C@]1([2H])O. The van der Waals surface area contributed by atoms with Gasteiger partial charge in [0.2, 0.25) is 0 Å². The van der Waals surface area contributed by atoms with Crippen molar-refractivity contribution < 1.29 is 29.0 Å². The zero-order valence-corrected chi connectivity index (χ0v) is 19.6. The minimum atomic E-state index is -2.42. The van der Waals surface area contributed by atoms with Gasteiger partial charge < -0.3 is 20.1 Å². The van der Waals surface area contributed by atoms with Gasteiger partial charge in [-0.3, -0.25) is 0 Å². The molecule has 4 rings (SSSR count). The monoisotopic (exact) mass is 447 g/mol. The normalized spacial score (nSPS) is 51.1. The average molecular weight is 448 g/mol. The number of fused-ring (bicyclic) bond motifs is 1. The van der Waals surface area contributed by atoms with E-state index in [0.717, 1.165) is 38.5 Å². The number of carbonyl (C=O) groups is 1. The van der Waals surface area contributed by atoms with Gasteiger partial charge in [0, 0.05) is 15.6 Å². The summed E-state index contributed by atoms with van der Waals surface area (Å²) in [5.74, 6) is 0.590. The van der Waals surface area contributed by atoms with E-state index < -0.39 is 36.5 Å². The van der Waals surface area contributed by atoms with Gasteiger partial charge in [-0.25, -0.2) is 4.79 Å². The summed E-state index contributed by atoms with van der Waals surface area (Å²) >= 11 is 0. The van der Waals surface area contributed by atoms with Crippen LogP contribution in [0.25, 0.3) is 0 Å². The fourth-order valence-electron chi connectivity index (χ4n) is 6.88. The van der Waals surface area contributed by atoms with Crippen LogP contribution in [-0.2, 0) is 9.53 Å². The Kier molecular flexibility index (Phi) is 5.45. The molecule has 1 saturated heterocycles. The van der Waals surface area contributed by atoms with Crippen LogP contribution in [0.15, 0.2) is 35.5 Å². The molecule has 5 heteroatoms. The van der Waals surface area contributed by atoms with Crippen LogP contribution < -0.4 is 0 Å². The van der Waals surface area contributed by atoms with E-state index in [2.05, 4.69) is 20.4 Å². The zero-order valence-electron chi connectivity index (χ0n) is 22.6. The van der Waals surface area contributed by atoms with E-state index in [1.54, 1.807) is 6.08 Å². The van der Waals surface area contributed by atoms with E-state index in [9.17, 15) is 20.1 Å². The Morgan fingerprint density at radius 1 is 1.34 bits per heavy atom. The number of carbonyl (C=O) groups excluding carboxylic acids is 1. The Morgan fingerprint density at radius 3 is 2.78 bits per heavy atom. The maximum atomic E-state index is 11.9. The number of hydrogen-bond acceptors (Lipinski definition) is 5. The maximum Gasteiger partial charge on any atom is 0.338 e. The van der Waals surface area contributed by atoms with Crippen LogP contribution >= 0.6 is 0 Å². The zero-order chi connectivity index (χ0) is 26.0. The molecule has 3 N–H and O–H groups in total. The molecule has 8 atom stereocenters. The van der Waals surface area contributed by atoms with Gasteiger partial charge in [-0.2, -0.15) is 0 Å². The van der Waals surface area contributed by atoms with Crippen molar-refractivity contribution in [2.24, 2.45) is 23.2 Å². The minimum Gasteiger partial charge on any atom is -0.460 e. The molecule has 4 aliphatic rings. The molecule has 3 saturated carbocycles. The molecule has 0 aromatic rings. The van der Waals surface area contributed by atoms with Gasteiger partial charge in [-0.1, -0.05) is 38.2 Å². The molecule has 0 bridgehead atoms. The molecule has 0 radical (unpaired) electrons. The number of allylic oxidation sites excluding steroid dienone is 3. The average Bonchev–Trinajstić information content (AvgIpc) is 3.21. The first-order chi connectivity index (χ1) is 16.1. The predicted molar refractivity (Wildman–Crippen MR) is 124 cm³/mol. The highest BCUT2D eigenvalue weighted by atomic mass is 16.6. The summed E-state index contributed by atoms with van der Waals surface area (Å²) in [6.07, 6.45) is 3.21. The van der Waals surface area contributed by atoms with Crippen LogP contribution in [0.4, 0.5) is 0 Å². The van der Waals surface area contributed by atoms with Crippen LogP contribution in [0.1, 0.15) is 82.6 Å². The van der Waals surface area contributed by atoms with E-state index in [-0.39, 0.29) is 22.7 Å². The van der Waals surface area contributed by atoms with Crippen molar-refractivity contribution in [2.75, 3.05) is 0 Å². The van der Waals surface area contributed by atoms with Crippen molar-refractivity contribution in [2.45, 2.75) is 102 Å². The van der Waals surface area contributed by atoms with Crippen LogP contribution in [0.2, 0.25) is 0 Å². The van der Waals surface area contributed by atoms with E-state index in [4.69, 9.17) is 8.85 Å². The van der Waals surface area contributed by atoms with Crippen molar-refractivity contribution in [3.63, 3.8) is 0 Å². The van der Waals surface area contributed by atoms with Gasteiger partial charge in [0.25, 0.3) is 0 Å². The predicted octanol–water partition coefficient (Wildman–Crippen LogP) is 4.22. The van der Waals surface area contributed by atoms with Crippen molar-refractivity contribution in [1.82, 2.24) is 0 Å². The topological polar surface area (TPSA) is 87.0 Å². The second kappa shape index (κ2) is 8.73. The van der Waals surface area contributed by atoms with Crippen LogP contribution in [0.5, 0.6) is 0 Å². The molecule has 1 aliphatic heterocycles. The summed E-state index contributed by atoms with van der Waals surface area (Å²) in [5, 5.41) is 30.8.